The Morgan fingerprint density at radius 1 is 1.15 bits per heavy atom. The first-order valence-electron chi connectivity index (χ1n) is 3.66. The first-order valence-corrected chi connectivity index (χ1v) is 4.79. The van der Waals surface area contributed by atoms with Crippen LogP contribution >= 0.6 is 34.8 Å². The molecular formula is C9H8Cl3N. The molecule has 0 aromatic heterocycles. The van der Waals surface area contributed by atoms with Gasteiger partial charge in [-0.2, -0.15) is 0 Å². The van der Waals surface area contributed by atoms with Crippen LogP contribution in [0.25, 0.3) is 6.08 Å². The first-order chi connectivity index (χ1) is 6.15. The molecule has 0 aliphatic carbocycles. The maximum absolute atomic E-state index is 5.91. The van der Waals surface area contributed by atoms with Crippen molar-refractivity contribution in [3.05, 3.63) is 38.8 Å². The van der Waals surface area contributed by atoms with E-state index in [1.165, 1.54) is 0 Å². The average molecular weight is 237 g/mol. The minimum Gasteiger partial charge on any atom is -0.327 e. The average Bonchev–Trinajstić information content (AvgIpc) is 2.02. The molecule has 1 nitrogen and oxygen atoms in total. The molecule has 0 bridgehead atoms. The van der Waals surface area contributed by atoms with Crippen LogP contribution in [0.3, 0.4) is 0 Å². The Kier molecular flexibility index (Phi) is 4.07. The molecule has 2 N–H and O–H groups in total. The molecule has 0 saturated heterocycles. The molecule has 0 aliphatic heterocycles. The van der Waals surface area contributed by atoms with Gasteiger partial charge < -0.3 is 5.73 Å². The van der Waals surface area contributed by atoms with Gasteiger partial charge in [-0.05, 0) is 12.1 Å². The molecule has 0 radical (unpaired) electrons. The van der Waals surface area contributed by atoms with Crippen LogP contribution in [0, 0.1) is 0 Å². The van der Waals surface area contributed by atoms with Crippen molar-refractivity contribution in [3.63, 3.8) is 0 Å². The highest BCUT2D eigenvalue weighted by Gasteiger charge is 2.03. The van der Waals surface area contributed by atoms with Crippen molar-refractivity contribution < 1.29 is 0 Å². The van der Waals surface area contributed by atoms with Crippen molar-refractivity contribution in [1.82, 2.24) is 0 Å². The molecule has 4 heteroatoms. The molecule has 1 rings (SSSR count). The molecule has 1 aromatic carbocycles. The van der Waals surface area contributed by atoms with Crippen LogP contribution in [0.5, 0.6) is 0 Å². The van der Waals surface area contributed by atoms with E-state index in [1.807, 2.05) is 0 Å². The van der Waals surface area contributed by atoms with E-state index in [2.05, 4.69) is 0 Å². The zero-order valence-electron chi connectivity index (χ0n) is 6.73. The molecule has 0 heterocycles. The smallest absolute Gasteiger partial charge is 0.0508 e. The Morgan fingerprint density at radius 2 is 1.69 bits per heavy atom. The van der Waals surface area contributed by atoms with Crippen LogP contribution in [-0.4, -0.2) is 6.54 Å². The fourth-order valence-electron chi connectivity index (χ4n) is 0.898. The highest BCUT2D eigenvalue weighted by molar-refractivity contribution is 6.40. The highest BCUT2D eigenvalue weighted by Crippen LogP contribution is 2.29. The van der Waals surface area contributed by atoms with Crippen LogP contribution in [-0.2, 0) is 0 Å². The van der Waals surface area contributed by atoms with Gasteiger partial charge in [-0.1, -0.05) is 47.0 Å². The van der Waals surface area contributed by atoms with E-state index in [1.54, 1.807) is 24.3 Å². The lowest BCUT2D eigenvalue weighted by molar-refractivity contribution is 1.26. The van der Waals surface area contributed by atoms with Crippen molar-refractivity contribution in [2.75, 3.05) is 6.54 Å². The third-order valence-corrected chi connectivity index (χ3v) is 2.31. The summed E-state index contributed by atoms with van der Waals surface area (Å²) < 4.78 is 0. The van der Waals surface area contributed by atoms with Crippen molar-refractivity contribution in [2.24, 2.45) is 5.73 Å². The first kappa shape index (κ1) is 10.9. The fourth-order valence-corrected chi connectivity index (χ4v) is 1.84. The van der Waals surface area contributed by atoms with Gasteiger partial charge >= 0.3 is 0 Å². The van der Waals surface area contributed by atoms with Crippen LogP contribution in [0.1, 0.15) is 5.56 Å². The van der Waals surface area contributed by atoms with Gasteiger partial charge in [0.05, 0.1) is 10.0 Å². The van der Waals surface area contributed by atoms with Crippen molar-refractivity contribution in [2.45, 2.75) is 0 Å². The lowest BCUT2D eigenvalue weighted by Gasteiger charge is -2.02. The topological polar surface area (TPSA) is 26.0 Å². The summed E-state index contributed by atoms with van der Waals surface area (Å²) in [5.74, 6) is 0. The lowest BCUT2D eigenvalue weighted by Crippen LogP contribution is -1.92. The molecule has 70 valence electrons. The molecule has 0 aliphatic rings. The second-order valence-electron chi connectivity index (χ2n) is 2.42. The van der Waals surface area contributed by atoms with E-state index < -0.39 is 0 Å². The highest BCUT2D eigenvalue weighted by atomic mass is 35.5. The quantitative estimate of drug-likeness (QED) is 0.834. The van der Waals surface area contributed by atoms with Gasteiger partial charge in [0.25, 0.3) is 0 Å². The SMILES string of the molecule is NCC=Cc1c(Cl)cc(Cl)cc1Cl. The molecule has 0 unspecified atom stereocenters. The third-order valence-electron chi connectivity index (χ3n) is 1.46. The number of hydrogen-bond donors (Lipinski definition) is 1. The zero-order chi connectivity index (χ0) is 9.84. The number of benzene rings is 1. The van der Waals surface area contributed by atoms with Crippen LogP contribution in [0.2, 0.25) is 15.1 Å². The van der Waals surface area contributed by atoms with Gasteiger partial charge in [-0.25, -0.2) is 0 Å². The van der Waals surface area contributed by atoms with Crippen LogP contribution < -0.4 is 5.73 Å². The Bertz CT molecular complexity index is 311. The summed E-state index contributed by atoms with van der Waals surface area (Å²) in [6, 6.07) is 3.29. The summed E-state index contributed by atoms with van der Waals surface area (Å²) in [7, 11) is 0. The number of hydrogen-bond acceptors (Lipinski definition) is 1. The minimum atomic E-state index is 0.454. The van der Waals surface area contributed by atoms with E-state index in [4.69, 9.17) is 40.5 Å². The summed E-state index contributed by atoms with van der Waals surface area (Å²) in [6.45, 7) is 0.454. The summed E-state index contributed by atoms with van der Waals surface area (Å²) in [6.07, 6.45) is 3.56. The van der Waals surface area contributed by atoms with Gasteiger partial charge in [-0.3, -0.25) is 0 Å². The van der Waals surface area contributed by atoms with Gasteiger partial charge in [0.2, 0.25) is 0 Å². The van der Waals surface area contributed by atoms with Crippen molar-refractivity contribution in [3.8, 4) is 0 Å². The molecule has 0 spiro atoms. The molecule has 0 atom stereocenters. The standard InChI is InChI=1S/C9H8Cl3N/c10-6-4-8(11)7(2-1-3-13)9(12)5-6/h1-2,4-5H,3,13H2. The van der Waals surface area contributed by atoms with E-state index in [0.29, 0.717) is 21.6 Å². The Morgan fingerprint density at radius 3 is 2.15 bits per heavy atom. The van der Waals surface area contributed by atoms with Gasteiger partial charge in [0.1, 0.15) is 0 Å². The fraction of sp³-hybridized carbons (Fsp3) is 0.111. The summed E-state index contributed by atoms with van der Waals surface area (Å²) in [5.41, 5.74) is 6.06. The largest absolute Gasteiger partial charge is 0.327 e. The maximum atomic E-state index is 5.91. The van der Waals surface area contributed by atoms with Gasteiger partial charge in [-0.15, -0.1) is 0 Å². The molecule has 1 aromatic rings. The Labute approximate surface area is 92.1 Å². The third kappa shape index (κ3) is 2.89. The van der Waals surface area contributed by atoms with Gasteiger partial charge in [0.15, 0.2) is 0 Å². The Hall–Kier alpha value is -0.210. The summed E-state index contributed by atoms with van der Waals surface area (Å²) >= 11 is 17.6. The molecular weight excluding hydrogens is 228 g/mol. The number of nitrogens with two attached hydrogens (primary N) is 1. The van der Waals surface area contributed by atoms with Crippen molar-refractivity contribution >= 4 is 40.9 Å². The monoisotopic (exact) mass is 235 g/mol. The number of rotatable bonds is 2. The second kappa shape index (κ2) is 4.87. The molecule has 0 fully saturated rings. The second-order valence-corrected chi connectivity index (χ2v) is 3.67. The minimum absolute atomic E-state index is 0.454. The zero-order valence-corrected chi connectivity index (χ0v) is 9.00. The van der Waals surface area contributed by atoms with Crippen LogP contribution in [0.4, 0.5) is 0 Å². The van der Waals surface area contributed by atoms with E-state index in [9.17, 15) is 0 Å². The summed E-state index contributed by atoms with van der Waals surface area (Å²) in [4.78, 5) is 0. The summed E-state index contributed by atoms with van der Waals surface area (Å²) in [5, 5.41) is 1.59. The van der Waals surface area contributed by atoms with Crippen LogP contribution in [0.15, 0.2) is 18.2 Å². The number of halogens is 3. The lowest BCUT2D eigenvalue weighted by atomic mass is 10.2. The van der Waals surface area contributed by atoms with Crippen molar-refractivity contribution in [1.29, 1.82) is 0 Å². The molecule has 13 heavy (non-hydrogen) atoms. The molecule has 0 saturated carbocycles. The van der Waals surface area contributed by atoms with E-state index in [0.717, 1.165) is 5.56 Å². The molecule has 0 amide bonds. The predicted molar refractivity (Wildman–Crippen MR) is 59.6 cm³/mol. The van der Waals surface area contributed by atoms with Gasteiger partial charge in [0, 0.05) is 17.1 Å². The Balaban J connectivity index is 3.13. The normalized spacial score (nSPS) is 11.1. The van der Waals surface area contributed by atoms with E-state index in [-0.39, 0.29) is 0 Å². The maximum Gasteiger partial charge on any atom is 0.0508 e. The predicted octanol–water partition coefficient (Wildman–Crippen LogP) is 3.62. The van der Waals surface area contributed by atoms with E-state index >= 15 is 0 Å².